The van der Waals surface area contributed by atoms with Crippen molar-refractivity contribution in [1.29, 1.82) is 0 Å². The second-order valence-corrected chi connectivity index (χ2v) is 6.02. The highest BCUT2D eigenvalue weighted by atomic mass is 32.1. The first kappa shape index (κ1) is 15.0. The SMILES string of the molecule is O=C(O)c1cccc(-c2ccc(-c3cccc(C(=O)O)c3)s2)c1. The van der Waals surface area contributed by atoms with Gasteiger partial charge in [0.1, 0.15) is 0 Å². The Labute approximate surface area is 136 Å². The molecule has 23 heavy (non-hydrogen) atoms. The minimum Gasteiger partial charge on any atom is -0.478 e. The van der Waals surface area contributed by atoms with Crippen LogP contribution in [0.25, 0.3) is 20.9 Å². The molecule has 114 valence electrons. The second kappa shape index (κ2) is 6.06. The highest BCUT2D eigenvalue weighted by Crippen LogP contribution is 2.35. The fourth-order valence-electron chi connectivity index (χ4n) is 2.26. The van der Waals surface area contributed by atoms with Crippen LogP contribution in [0, 0.1) is 0 Å². The summed E-state index contributed by atoms with van der Waals surface area (Å²) in [7, 11) is 0. The van der Waals surface area contributed by atoms with Gasteiger partial charge in [-0.15, -0.1) is 11.3 Å². The van der Waals surface area contributed by atoms with Gasteiger partial charge in [0.05, 0.1) is 11.1 Å². The molecule has 0 unspecified atom stereocenters. The first-order valence-corrected chi connectivity index (χ1v) is 7.63. The van der Waals surface area contributed by atoms with Crippen LogP contribution in [0.4, 0.5) is 0 Å². The summed E-state index contributed by atoms with van der Waals surface area (Å²) in [6.07, 6.45) is 0. The van der Waals surface area contributed by atoms with Crippen LogP contribution in [0.1, 0.15) is 20.7 Å². The summed E-state index contributed by atoms with van der Waals surface area (Å²) in [5, 5.41) is 18.1. The fraction of sp³-hybridized carbons (Fsp3) is 0. The van der Waals surface area contributed by atoms with E-state index in [9.17, 15) is 9.59 Å². The monoisotopic (exact) mass is 324 g/mol. The third-order valence-corrected chi connectivity index (χ3v) is 4.58. The average Bonchev–Trinajstić information content (AvgIpc) is 3.05. The predicted octanol–water partition coefficient (Wildman–Crippen LogP) is 4.48. The van der Waals surface area contributed by atoms with Crippen LogP contribution in [0.3, 0.4) is 0 Å². The molecule has 0 saturated carbocycles. The van der Waals surface area contributed by atoms with Crippen molar-refractivity contribution in [1.82, 2.24) is 0 Å². The summed E-state index contributed by atoms with van der Waals surface area (Å²) in [6.45, 7) is 0. The zero-order chi connectivity index (χ0) is 16.4. The maximum absolute atomic E-state index is 11.1. The van der Waals surface area contributed by atoms with Gasteiger partial charge in [-0.2, -0.15) is 0 Å². The lowest BCUT2D eigenvalue weighted by Crippen LogP contribution is -1.95. The van der Waals surface area contributed by atoms with Gasteiger partial charge in [0.15, 0.2) is 0 Å². The molecule has 4 nitrogen and oxygen atoms in total. The van der Waals surface area contributed by atoms with Gasteiger partial charge >= 0.3 is 11.9 Å². The third kappa shape index (κ3) is 3.14. The molecule has 0 bridgehead atoms. The van der Waals surface area contributed by atoms with Gasteiger partial charge in [-0.1, -0.05) is 24.3 Å². The summed E-state index contributed by atoms with van der Waals surface area (Å²) in [6, 6.07) is 17.3. The number of benzene rings is 2. The molecule has 0 saturated heterocycles. The number of carboxylic acids is 2. The van der Waals surface area contributed by atoms with Gasteiger partial charge < -0.3 is 10.2 Å². The van der Waals surface area contributed by atoms with Crippen LogP contribution in [0.2, 0.25) is 0 Å². The van der Waals surface area contributed by atoms with Crippen molar-refractivity contribution in [3.8, 4) is 20.9 Å². The largest absolute Gasteiger partial charge is 0.478 e. The summed E-state index contributed by atoms with van der Waals surface area (Å²) in [4.78, 5) is 24.0. The lowest BCUT2D eigenvalue weighted by Gasteiger charge is -2.01. The van der Waals surface area contributed by atoms with Crippen molar-refractivity contribution in [2.75, 3.05) is 0 Å². The first-order chi connectivity index (χ1) is 11.0. The molecular formula is C18H12O4S. The summed E-state index contributed by atoms with van der Waals surface area (Å²) in [5.74, 6) is -1.92. The van der Waals surface area contributed by atoms with Gasteiger partial charge in [-0.3, -0.25) is 0 Å². The van der Waals surface area contributed by atoms with Gasteiger partial charge in [0.2, 0.25) is 0 Å². The van der Waals surface area contributed by atoms with E-state index < -0.39 is 11.9 Å². The van der Waals surface area contributed by atoms with E-state index >= 15 is 0 Å². The molecule has 3 rings (SSSR count). The van der Waals surface area contributed by atoms with Crippen molar-refractivity contribution in [2.45, 2.75) is 0 Å². The Bertz CT molecular complexity index is 823. The quantitative estimate of drug-likeness (QED) is 0.742. The Morgan fingerprint density at radius 3 is 1.52 bits per heavy atom. The molecule has 0 aliphatic heterocycles. The van der Waals surface area contributed by atoms with Crippen LogP contribution in [0.5, 0.6) is 0 Å². The molecule has 0 radical (unpaired) electrons. The van der Waals surface area contributed by atoms with E-state index in [1.807, 2.05) is 24.3 Å². The molecule has 0 aliphatic carbocycles. The normalized spacial score (nSPS) is 10.4. The molecule has 0 amide bonds. The molecule has 1 heterocycles. The number of hydrogen-bond acceptors (Lipinski definition) is 3. The van der Waals surface area contributed by atoms with Crippen molar-refractivity contribution in [3.63, 3.8) is 0 Å². The van der Waals surface area contributed by atoms with Crippen LogP contribution in [-0.2, 0) is 0 Å². The topological polar surface area (TPSA) is 74.6 Å². The van der Waals surface area contributed by atoms with Gasteiger partial charge in [0.25, 0.3) is 0 Å². The molecule has 2 N–H and O–H groups in total. The van der Waals surface area contributed by atoms with E-state index in [1.54, 1.807) is 36.4 Å². The Morgan fingerprint density at radius 2 is 1.13 bits per heavy atom. The Morgan fingerprint density at radius 1 is 0.696 bits per heavy atom. The molecule has 0 atom stereocenters. The zero-order valence-corrected chi connectivity index (χ0v) is 12.7. The van der Waals surface area contributed by atoms with Gasteiger partial charge in [-0.25, -0.2) is 9.59 Å². The van der Waals surface area contributed by atoms with E-state index in [2.05, 4.69) is 0 Å². The highest BCUT2D eigenvalue weighted by molar-refractivity contribution is 7.18. The number of rotatable bonds is 4. The number of hydrogen-bond donors (Lipinski definition) is 2. The number of carboxylic acid groups (broad SMARTS) is 2. The van der Waals surface area contributed by atoms with Crippen molar-refractivity contribution >= 4 is 23.3 Å². The Hall–Kier alpha value is -2.92. The standard InChI is InChI=1S/C18H12O4S/c19-17(20)13-5-1-3-11(9-13)15-7-8-16(23-15)12-4-2-6-14(10-12)18(21)22/h1-10H,(H,19,20)(H,21,22). The lowest BCUT2D eigenvalue weighted by atomic mass is 10.1. The van der Waals surface area contributed by atoms with E-state index in [1.165, 1.54) is 11.3 Å². The molecule has 3 aromatic rings. The molecule has 0 aliphatic rings. The molecule has 0 spiro atoms. The second-order valence-electron chi connectivity index (χ2n) is 4.94. The van der Waals surface area contributed by atoms with Crippen molar-refractivity contribution in [2.24, 2.45) is 0 Å². The summed E-state index contributed by atoms with van der Waals surface area (Å²) in [5.41, 5.74) is 2.14. The molecule has 2 aromatic carbocycles. The minimum atomic E-state index is -0.960. The van der Waals surface area contributed by atoms with E-state index in [4.69, 9.17) is 10.2 Å². The van der Waals surface area contributed by atoms with Gasteiger partial charge in [0, 0.05) is 9.75 Å². The van der Waals surface area contributed by atoms with Crippen LogP contribution >= 0.6 is 11.3 Å². The van der Waals surface area contributed by atoms with E-state index in [-0.39, 0.29) is 11.1 Å². The predicted molar refractivity (Wildman–Crippen MR) is 89.1 cm³/mol. The molecule has 0 fully saturated rings. The Kier molecular flexibility index (Phi) is 3.95. The highest BCUT2D eigenvalue weighted by Gasteiger charge is 2.10. The average molecular weight is 324 g/mol. The molecule has 5 heteroatoms. The zero-order valence-electron chi connectivity index (χ0n) is 11.9. The smallest absolute Gasteiger partial charge is 0.335 e. The maximum Gasteiger partial charge on any atom is 0.335 e. The molecular weight excluding hydrogens is 312 g/mol. The van der Waals surface area contributed by atoms with Gasteiger partial charge in [-0.05, 0) is 47.5 Å². The fourth-order valence-corrected chi connectivity index (χ4v) is 3.26. The number of aromatic carboxylic acids is 2. The van der Waals surface area contributed by atoms with Crippen molar-refractivity contribution < 1.29 is 19.8 Å². The molecule has 1 aromatic heterocycles. The van der Waals surface area contributed by atoms with Crippen LogP contribution in [-0.4, -0.2) is 22.2 Å². The maximum atomic E-state index is 11.1. The van der Waals surface area contributed by atoms with Crippen LogP contribution < -0.4 is 0 Å². The first-order valence-electron chi connectivity index (χ1n) is 6.82. The van der Waals surface area contributed by atoms with E-state index in [0.717, 1.165) is 20.9 Å². The van der Waals surface area contributed by atoms with Crippen molar-refractivity contribution in [3.05, 3.63) is 71.8 Å². The lowest BCUT2D eigenvalue weighted by molar-refractivity contribution is 0.0686. The third-order valence-electron chi connectivity index (χ3n) is 3.39. The minimum absolute atomic E-state index is 0.241. The Balaban J connectivity index is 1.97. The van der Waals surface area contributed by atoms with E-state index in [0.29, 0.717) is 0 Å². The number of carbonyl (C=O) groups is 2. The van der Waals surface area contributed by atoms with Crippen LogP contribution in [0.15, 0.2) is 60.7 Å². The summed E-state index contributed by atoms with van der Waals surface area (Å²) >= 11 is 1.49. The number of thiophene rings is 1. The summed E-state index contributed by atoms with van der Waals surface area (Å²) < 4.78 is 0.